The van der Waals surface area contributed by atoms with Crippen molar-refractivity contribution in [3.05, 3.63) is 192 Å². The quantitative estimate of drug-likeness (QED) is 0.165. The van der Waals surface area contributed by atoms with Gasteiger partial charge in [-0.05, 0) is 100 Å². The van der Waals surface area contributed by atoms with Gasteiger partial charge in [-0.1, -0.05) is 139 Å². The maximum Gasteiger partial charge on any atom is 0.0493 e. The highest BCUT2D eigenvalue weighted by molar-refractivity contribution is 9.10. The molecular weight excluding hydrogens is 648 g/mol. The third kappa shape index (κ3) is 5.40. The molecule has 0 aromatic heterocycles. The van der Waals surface area contributed by atoms with E-state index >= 15 is 0 Å². The molecule has 0 saturated carbocycles. The Hall–Kier alpha value is -5.38. The number of hydrogen-bond donors (Lipinski definition) is 0. The van der Waals surface area contributed by atoms with Crippen LogP contribution in [0.5, 0.6) is 0 Å². The van der Waals surface area contributed by atoms with E-state index in [1.165, 1.54) is 33.4 Å². The summed E-state index contributed by atoms with van der Waals surface area (Å²) in [6, 6.07) is 63.1. The van der Waals surface area contributed by atoms with Gasteiger partial charge in [-0.15, -0.1) is 0 Å². The first-order valence-corrected chi connectivity index (χ1v) is 17.2. The Morgan fingerprint density at radius 2 is 0.833 bits per heavy atom. The summed E-state index contributed by atoms with van der Waals surface area (Å²) in [4.78, 5) is 4.70. The first-order chi connectivity index (χ1) is 23.5. The molecule has 3 heteroatoms. The van der Waals surface area contributed by atoms with Crippen LogP contribution in [0.2, 0.25) is 0 Å². The van der Waals surface area contributed by atoms with E-state index in [4.69, 9.17) is 0 Å². The summed E-state index contributed by atoms with van der Waals surface area (Å²) in [6.07, 6.45) is 0. The number of nitrogens with zero attached hydrogens (tertiary/aromatic N) is 2. The van der Waals surface area contributed by atoms with Crippen LogP contribution in [0, 0.1) is 0 Å². The summed E-state index contributed by atoms with van der Waals surface area (Å²) >= 11 is 3.92. The first-order valence-electron chi connectivity index (χ1n) is 16.4. The van der Waals surface area contributed by atoms with E-state index in [9.17, 15) is 0 Å². The largest absolute Gasteiger partial charge is 0.310 e. The van der Waals surface area contributed by atoms with E-state index in [0.717, 1.165) is 38.6 Å². The number of anilines is 6. The molecule has 8 rings (SSSR count). The SMILES string of the molecule is CC1(C)c2ccccc2-c2ccc(N(c3ccccc3)c3cc(Br)cc(N(c4ccccc4)c4ccc(-c5ccccc5)cc4)c3)cc21. The fourth-order valence-electron chi connectivity index (χ4n) is 7.13. The summed E-state index contributed by atoms with van der Waals surface area (Å²) < 4.78 is 1.01. The molecule has 232 valence electrons. The van der Waals surface area contributed by atoms with Crippen molar-refractivity contribution in [2.24, 2.45) is 0 Å². The molecule has 0 atom stereocenters. The Kier molecular flexibility index (Phi) is 7.70. The second-order valence-electron chi connectivity index (χ2n) is 12.8. The van der Waals surface area contributed by atoms with Crippen molar-refractivity contribution in [3.63, 3.8) is 0 Å². The molecule has 0 aliphatic heterocycles. The van der Waals surface area contributed by atoms with Crippen LogP contribution in [-0.2, 0) is 5.41 Å². The van der Waals surface area contributed by atoms with Crippen LogP contribution >= 0.6 is 15.9 Å². The Balaban J connectivity index is 1.27. The van der Waals surface area contributed by atoms with Crippen LogP contribution in [0.15, 0.2) is 180 Å². The summed E-state index contributed by atoms with van der Waals surface area (Å²) in [5, 5.41) is 0. The topological polar surface area (TPSA) is 6.48 Å². The molecule has 0 radical (unpaired) electrons. The van der Waals surface area contributed by atoms with E-state index in [-0.39, 0.29) is 5.41 Å². The predicted molar refractivity (Wildman–Crippen MR) is 207 cm³/mol. The molecule has 1 aliphatic carbocycles. The van der Waals surface area contributed by atoms with Gasteiger partial charge in [0, 0.05) is 44.0 Å². The molecule has 0 spiro atoms. The Morgan fingerprint density at radius 1 is 0.375 bits per heavy atom. The highest BCUT2D eigenvalue weighted by atomic mass is 79.9. The Labute approximate surface area is 291 Å². The standard InChI is InChI=1S/C45H35BrN2/c1-45(2)43-21-13-12-20-41(43)42-27-26-38(31-44(42)45)48(36-18-10-5-11-19-36)40-29-34(46)28-39(30-40)47(35-16-8-4-9-17-35)37-24-22-33(23-25-37)32-14-6-3-7-15-32/h3-31H,1-2H3. The van der Waals surface area contributed by atoms with Crippen LogP contribution in [0.25, 0.3) is 22.3 Å². The molecular formula is C45H35BrN2. The minimum absolute atomic E-state index is 0.0945. The van der Waals surface area contributed by atoms with E-state index in [1.54, 1.807) is 0 Å². The minimum Gasteiger partial charge on any atom is -0.310 e. The van der Waals surface area contributed by atoms with Crippen molar-refractivity contribution in [2.45, 2.75) is 19.3 Å². The van der Waals surface area contributed by atoms with Gasteiger partial charge in [0.1, 0.15) is 0 Å². The van der Waals surface area contributed by atoms with E-state index in [2.05, 4.69) is 216 Å². The van der Waals surface area contributed by atoms with Crippen LogP contribution < -0.4 is 9.80 Å². The lowest BCUT2D eigenvalue weighted by atomic mass is 9.82. The molecule has 48 heavy (non-hydrogen) atoms. The van der Waals surface area contributed by atoms with Gasteiger partial charge in [0.2, 0.25) is 0 Å². The normalized spacial score (nSPS) is 12.6. The third-order valence-electron chi connectivity index (χ3n) is 9.47. The minimum atomic E-state index is -0.0945. The number of para-hydroxylation sites is 2. The summed E-state index contributed by atoms with van der Waals surface area (Å²) in [5.74, 6) is 0. The summed E-state index contributed by atoms with van der Waals surface area (Å²) in [6.45, 7) is 4.68. The molecule has 0 heterocycles. The molecule has 7 aromatic rings. The first kappa shape index (κ1) is 30.0. The van der Waals surface area contributed by atoms with Crippen molar-refractivity contribution in [2.75, 3.05) is 9.80 Å². The van der Waals surface area contributed by atoms with Crippen LogP contribution in [0.4, 0.5) is 34.1 Å². The zero-order valence-electron chi connectivity index (χ0n) is 27.0. The molecule has 0 fully saturated rings. The van der Waals surface area contributed by atoms with Crippen LogP contribution in [0.3, 0.4) is 0 Å². The Bertz CT molecular complexity index is 2210. The number of hydrogen-bond acceptors (Lipinski definition) is 2. The number of halogens is 1. The van der Waals surface area contributed by atoms with Crippen molar-refractivity contribution in [3.8, 4) is 22.3 Å². The fourth-order valence-corrected chi connectivity index (χ4v) is 7.60. The highest BCUT2D eigenvalue weighted by Gasteiger charge is 2.35. The lowest BCUT2D eigenvalue weighted by Gasteiger charge is -2.31. The zero-order valence-corrected chi connectivity index (χ0v) is 28.6. The van der Waals surface area contributed by atoms with E-state index < -0.39 is 0 Å². The lowest BCUT2D eigenvalue weighted by molar-refractivity contribution is 0.660. The van der Waals surface area contributed by atoms with Crippen molar-refractivity contribution in [1.82, 2.24) is 0 Å². The lowest BCUT2D eigenvalue weighted by Crippen LogP contribution is -2.17. The van der Waals surface area contributed by atoms with Gasteiger partial charge < -0.3 is 9.80 Å². The van der Waals surface area contributed by atoms with Crippen molar-refractivity contribution in [1.29, 1.82) is 0 Å². The number of fused-ring (bicyclic) bond motifs is 3. The molecule has 0 bridgehead atoms. The second-order valence-corrected chi connectivity index (χ2v) is 13.7. The van der Waals surface area contributed by atoms with Gasteiger partial charge in [-0.3, -0.25) is 0 Å². The van der Waals surface area contributed by atoms with Crippen molar-refractivity contribution < 1.29 is 0 Å². The Morgan fingerprint density at radius 3 is 1.46 bits per heavy atom. The average Bonchev–Trinajstić information content (AvgIpc) is 3.36. The molecule has 2 nitrogen and oxygen atoms in total. The van der Waals surface area contributed by atoms with Gasteiger partial charge in [0.15, 0.2) is 0 Å². The second kappa shape index (κ2) is 12.3. The average molecular weight is 684 g/mol. The molecule has 0 amide bonds. The number of rotatable bonds is 7. The number of benzene rings is 7. The highest BCUT2D eigenvalue weighted by Crippen LogP contribution is 2.51. The van der Waals surface area contributed by atoms with Gasteiger partial charge in [-0.25, -0.2) is 0 Å². The zero-order chi connectivity index (χ0) is 32.7. The van der Waals surface area contributed by atoms with Gasteiger partial charge in [-0.2, -0.15) is 0 Å². The predicted octanol–water partition coefficient (Wildman–Crippen LogP) is 13.4. The fraction of sp³-hybridized carbons (Fsp3) is 0.0667. The monoisotopic (exact) mass is 682 g/mol. The molecule has 0 saturated heterocycles. The molecule has 1 aliphatic rings. The van der Waals surface area contributed by atoms with Gasteiger partial charge in [0.05, 0.1) is 0 Å². The molecule has 7 aromatic carbocycles. The van der Waals surface area contributed by atoms with E-state index in [0.29, 0.717) is 0 Å². The maximum atomic E-state index is 3.92. The van der Waals surface area contributed by atoms with Crippen LogP contribution in [-0.4, -0.2) is 0 Å². The summed E-state index contributed by atoms with van der Waals surface area (Å²) in [7, 11) is 0. The molecule has 0 N–H and O–H groups in total. The van der Waals surface area contributed by atoms with Gasteiger partial charge >= 0.3 is 0 Å². The van der Waals surface area contributed by atoms with Crippen LogP contribution in [0.1, 0.15) is 25.0 Å². The smallest absolute Gasteiger partial charge is 0.0493 e. The molecule has 0 unspecified atom stereocenters. The van der Waals surface area contributed by atoms with Crippen molar-refractivity contribution >= 4 is 50.1 Å². The maximum absolute atomic E-state index is 3.92. The van der Waals surface area contributed by atoms with E-state index in [1.807, 2.05) is 0 Å². The third-order valence-corrected chi connectivity index (χ3v) is 9.93. The van der Waals surface area contributed by atoms with Gasteiger partial charge in [0.25, 0.3) is 0 Å². The summed E-state index contributed by atoms with van der Waals surface area (Å²) in [5.41, 5.74) is 14.2.